The zero-order valence-corrected chi connectivity index (χ0v) is 16.9. The van der Waals surface area contributed by atoms with Crippen molar-refractivity contribution in [2.24, 2.45) is 0 Å². The lowest BCUT2D eigenvalue weighted by atomic mass is 9.98. The van der Waals surface area contributed by atoms with Gasteiger partial charge in [-0.15, -0.1) is 0 Å². The highest BCUT2D eigenvalue weighted by atomic mass is 16.5. The summed E-state index contributed by atoms with van der Waals surface area (Å²) in [6.45, 7) is 4.55. The van der Waals surface area contributed by atoms with Gasteiger partial charge in [0.25, 0.3) is 0 Å². The van der Waals surface area contributed by atoms with E-state index in [2.05, 4.69) is 4.90 Å². The van der Waals surface area contributed by atoms with Crippen molar-refractivity contribution in [1.29, 1.82) is 0 Å². The van der Waals surface area contributed by atoms with E-state index in [1.54, 1.807) is 25.3 Å². The van der Waals surface area contributed by atoms with Crippen LogP contribution in [0.3, 0.4) is 0 Å². The predicted octanol–water partition coefficient (Wildman–Crippen LogP) is 4.22. The molecule has 2 aromatic carbocycles. The third kappa shape index (κ3) is 4.80. The van der Waals surface area contributed by atoms with E-state index in [0.717, 1.165) is 30.9 Å². The summed E-state index contributed by atoms with van der Waals surface area (Å²) in [6.07, 6.45) is 5.57. The van der Waals surface area contributed by atoms with Crippen LogP contribution >= 0.6 is 0 Å². The van der Waals surface area contributed by atoms with Crippen LogP contribution in [0.1, 0.15) is 35.2 Å². The predicted molar refractivity (Wildman–Crippen MR) is 113 cm³/mol. The summed E-state index contributed by atoms with van der Waals surface area (Å²) in [5, 5.41) is 0. The summed E-state index contributed by atoms with van der Waals surface area (Å²) in [6, 6.07) is 13.1. The van der Waals surface area contributed by atoms with Crippen molar-refractivity contribution < 1.29 is 19.0 Å². The van der Waals surface area contributed by atoms with Crippen LogP contribution in [0.4, 0.5) is 0 Å². The molecule has 152 valence electrons. The molecule has 0 N–H and O–H groups in total. The Hall–Kier alpha value is -2.79. The highest BCUT2D eigenvalue weighted by molar-refractivity contribution is 6.14. The van der Waals surface area contributed by atoms with Crippen molar-refractivity contribution in [3.63, 3.8) is 0 Å². The quantitative estimate of drug-likeness (QED) is 0.521. The van der Waals surface area contributed by atoms with Crippen LogP contribution in [-0.2, 0) is 0 Å². The number of hydrogen-bond donors (Lipinski definition) is 0. The SMILES string of the molecule is COc1ccc2c(c1)OC/C(=C\c1ccc(OCCCN3CCCC3)cc1)C2=O. The molecule has 1 saturated heterocycles. The van der Waals surface area contributed by atoms with Crippen molar-refractivity contribution in [3.8, 4) is 17.2 Å². The van der Waals surface area contributed by atoms with Gasteiger partial charge in [0.05, 0.1) is 19.3 Å². The Morgan fingerprint density at radius 1 is 1.07 bits per heavy atom. The van der Waals surface area contributed by atoms with E-state index in [0.29, 0.717) is 22.6 Å². The molecule has 1 fully saturated rings. The molecule has 4 rings (SSSR count). The van der Waals surface area contributed by atoms with E-state index in [1.165, 1.54) is 25.9 Å². The van der Waals surface area contributed by atoms with E-state index in [4.69, 9.17) is 14.2 Å². The Balaban J connectivity index is 1.34. The molecule has 2 aliphatic rings. The fourth-order valence-corrected chi connectivity index (χ4v) is 3.78. The van der Waals surface area contributed by atoms with Gasteiger partial charge in [-0.1, -0.05) is 12.1 Å². The largest absolute Gasteiger partial charge is 0.497 e. The van der Waals surface area contributed by atoms with Crippen LogP contribution in [0.5, 0.6) is 17.2 Å². The Morgan fingerprint density at radius 3 is 2.59 bits per heavy atom. The molecule has 0 aliphatic carbocycles. The van der Waals surface area contributed by atoms with Gasteiger partial charge in [-0.05, 0) is 68.3 Å². The van der Waals surface area contributed by atoms with Crippen molar-refractivity contribution in [1.82, 2.24) is 4.90 Å². The van der Waals surface area contributed by atoms with Crippen molar-refractivity contribution in [2.45, 2.75) is 19.3 Å². The number of ketones is 1. The lowest BCUT2D eigenvalue weighted by Gasteiger charge is -2.19. The molecular weight excluding hydrogens is 366 g/mol. The summed E-state index contributed by atoms with van der Waals surface area (Å²) in [5.41, 5.74) is 2.17. The smallest absolute Gasteiger partial charge is 0.196 e. The molecular formula is C24H27NO4. The first-order valence-corrected chi connectivity index (χ1v) is 10.2. The third-order valence-corrected chi connectivity index (χ3v) is 5.42. The molecule has 0 saturated carbocycles. The number of rotatable bonds is 7. The van der Waals surface area contributed by atoms with Gasteiger partial charge in [0.2, 0.25) is 0 Å². The van der Waals surface area contributed by atoms with Gasteiger partial charge in [0, 0.05) is 18.2 Å². The first-order valence-electron chi connectivity index (χ1n) is 10.2. The second kappa shape index (κ2) is 9.14. The number of likely N-dealkylation sites (tertiary alicyclic amines) is 1. The van der Waals surface area contributed by atoms with Crippen molar-refractivity contribution in [3.05, 3.63) is 59.2 Å². The number of carbonyl (C=O) groups excluding carboxylic acids is 1. The number of Topliss-reactive ketones (excluding diaryl/α,β-unsaturated/α-hetero) is 1. The van der Waals surface area contributed by atoms with Crippen LogP contribution in [-0.4, -0.2) is 50.6 Å². The van der Waals surface area contributed by atoms with E-state index in [9.17, 15) is 4.79 Å². The molecule has 0 atom stereocenters. The summed E-state index contributed by atoms with van der Waals surface area (Å²) in [7, 11) is 1.60. The van der Waals surface area contributed by atoms with Crippen LogP contribution in [0.25, 0.3) is 6.08 Å². The molecule has 0 spiro atoms. The lowest BCUT2D eigenvalue weighted by Crippen LogP contribution is -2.21. The maximum atomic E-state index is 12.8. The molecule has 5 nitrogen and oxygen atoms in total. The maximum absolute atomic E-state index is 12.8. The first-order chi connectivity index (χ1) is 14.2. The number of nitrogens with zero attached hydrogens (tertiary/aromatic N) is 1. The molecule has 2 aliphatic heterocycles. The molecule has 2 heterocycles. The lowest BCUT2D eigenvalue weighted by molar-refractivity contribution is 0.100. The fraction of sp³-hybridized carbons (Fsp3) is 0.375. The maximum Gasteiger partial charge on any atom is 0.196 e. The van der Waals surface area contributed by atoms with Crippen molar-refractivity contribution in [2.75, 3.05) is 40.0 Å². The van der Waals surface area contributed by atoms with Crippen LogP contribution in [0.2, 0.25) is 0 Å². The minimum Gasteiger partial charge on any atom is -0.497 e. The highest BCUT2D eigenvalue weighted by Crippen LogP contribution is 2.31. The summed E-state index contributed by atoms with van der Waals surface area (Å²) < 4.78 is 16.8. The number of fused-ring (bicyclic) bond motifs is 1. The molecule has 0 radical (unpaired) electrons. The number of carbonyl (C=O) groups is 1. The Bertz CT molecular complexity index is 882. The van der Waals surface area contributed by atoms with Gasteiger partial charge in [-0.25, -0.2) is 0 Å². The molecule has 5 heteroatoms. The molecule has 2 aromatic rings. The highest BCUT2D eigenvalue weighted by Gasteiger charge is 2.23. The van der Waals surface area contributed by atoms with Crippen molar-refractivity contribution >= 4 is 11.9 Å². The molecule has 29 heavy (non-hydrogen) atoms. The van der Waals surface area contributed by atoms with E-state index in [-0.39, 0.29) is 12.4 Å². The second-order valence-corrected chi connectivity index (χ2v) is 7.47. The minimum atomic E-state index is -0.00357. The van der Waals surface area contributed by atoms with E-state index < -0.39 is 0 Å². The zero-order chi connectivity index (χ0) is 20.1. The van der Waals surface area contributed by atoms with Gasteiger partial charge >= 0.3 is 0 Å². The van der Waals surface area contributed by atoms with Gasteiger partial charge in [-0.3, -0.25) is 4.79 Å². The minimum absolute atomic E-state index is 0.00357. The van der Waals surface area contributed by atoms with Gasteiger partial charge in [0.15, 0.2) is 5.78 Å². The molecule has 0 bridgehead atoms. The van der Waals surface area contributed by atoms with Gasteiger partial charge in [-0.2, -0.15) is 0 Å². The average Bonchev–Trinajstić information content (AvgIpc) is 3.27. The third-order valence-electron chi connectivity index (χ3n) is 5.42. The summed E-state index contributed by atoms with van der Waals surface area (Å²) in [5.74, 6) is 2.11. The van der Waals surface area contributed by atoms with E-state index in [1.807, 2.05) is 30.3 Å². The molecule has 0 unspecified atom stereocenters. The fourth-order valence-electron chi connectivity index (χ4n) is 3.78. The number of hydrogen-bond acceptors (Lipinski definition) is 5. The van der Waals surface area contributed by atoms with Gasteiger partial charge in [0.1, 0.15) is 23.9 Å². The normalized spacial score (nSPS) is 17.8. The van der Waals surface area contributed by atoms with Crippen LogP contribution in [0, 0.1) is 0 Å². The summed E-state index contributed by atoms with van der Waals surface area (Å²) in [4.78, 5) is 15.2. The number of benzene rings is 2. The Kier molecular flexibility index (Phi) is 6.15. The van der Waals surface area contributed by atoms with Crippen LogP contribution < -0.4 is 14.2 Å². The average molecular weight is 393 g/mol. The second-order valence-electron chi connectivity index (χ2n) is 7.47. The summed E-state index contributed by atoms with van der Waals surface area (Å²) >= 11 is 0. The first kappa shape index (κ1) is 19.5. The number of ether oxygens (including phenoxy) is 3. The number of methoxy groups -OCH3 is 1. The molecule has 0 aromatic heterocycles. The van der Waals surface area contributed by atoms with Gasteiger partial charge < -0.3 is 19.1 Å². The molecule has 0 amide bonds. The topological polar surface area (TPSA) is 48.0 Å². The van der Waals surface area contributed by atoms with E-state index >= 15 is 0 Å². The monoisotopic (exact) mass is 393 g/mol. The standard InChI is InChI=1S/C24H27NO4/c1-27-21-9-10-22-23(16-21)29-17-19(24(22)26)15-18-5-7-20(8-6-18)28-14-4-13-25-11-2-3-12-25/h5-10,15-16H,2-4,11-14,17H2,1H3/b19-15+. The zero-order valence-electron chi connectivity index (χ0n) is 16.9. The Labute approximate surface area is 171 Å². The van der Waals surface area contributed by atoms with Crippen LogP contribution in [0.15, 0.2) is 48.0 Å². The Morgan fingerprint density at radius 2 is 1.83 bits per heavy atom.